The van der Waals surface area contributed by atoms with Crippen molar-refractivity contribution in [3.63, 3.8) is 0 Å². The van der Waals surface area contributed by atoms with E-state index in [2.05, 4.69) is 33.1 Å². The maximum atomic E-state index is 11.9. The van der Waals surface area contributed by atoms with E-state index < -0.39 is 0 Å². The zero-order chi connectivity index (χ0) is 17.1. The Bertz CT molecular complexity index is 632. The number of allylic oxidation sites excluding steroid dienone is 2. The minimum atomic E-state index is 0.178. The zero-order valence-electron chi connectivity index (χ0n) is 15.1. The van der Waals surface area contributed by atoms with Crippen molar-refractivity contribution >= 4 is 5.91 Å². The molecule has 4 rings (SSSR count). The number of carbonyl (C=O) groups is 1. The number of carbonyl (C=O) groups excluding carboxylic acids is 1. The smallest absolute Gasteiger partial charge is 0.220 e. The zero-order valence-corrected chi connectivity index (χ0v) is 15.1. The Hall–Kier alpha value is -1.62. The molecule has 3 aliphatic rings. The van der Waals surface area contributed by atoms with Crippen LogP contribution in [0.5, 0.6) is 0 Å². The van der Waals surface area contributed by atoms with Crippen LogP contribution in [0, 0.1) is 5.92 Å². The summed E-state index contributed by atoms with van der Waals surface area (Å²) in [6, 6.07) is 2.68. The second-order valence-electron chi connectivity index (χ2n) is 7.93. The van der Waals surface area contributed by atoms with Crippen molar-refractivity contribution in [1.29, 1.82) is 0 Å². The van der Waals surface area contributed by atoms with Gasteiger partial charge in [-0.1, -0.05) is 12.2 Å². The van der Waals surface area contributed by atoms with Crippen LogP contribution < -0.4 is 5.32 Å². The molecule has 1 saturated carbocycles. The van der Waals surface area contributed by atoms with E-state index in [1.54, 1.807) is 0 Å². The van der Waals surface area contributed by atoms with Gasteiger partial charge >= 0.3 is 0 Å². The fraction of sp³-hybridized carbons (Fsp3) is 0.700. The van der Waals surface area contributed by atoms with Gasteiger partial charge in [-0.2, -0.15) is 5.10 Å². The molecule has 0 unspecified atom stereocenters. The predicted molar refractivity (Wildman–Crippen MR) is 98.1 cm³/mol. The van der Waals surface area contributed by atoms with E-state index in [4.69, 9.17) is 5.10 Å². The van der Waals surface area contributed by atoms with Crippen molar-refractivity contribution in [3.05, 3.63) is 29.6 Å². The SMILES string of the molecule is O=C(CCc1cc2n(n1)CCCN(C[C@H]1CC=CCC1)C2)NC1CC1. The van der Waals surface area contributed by atoms with E-state index in [0.717, 1.165) is 44.0 Å². The lowest BCUT2D eigenvalue weighted by molar-refractivity contribution is -0.121. The summed E-state index contributed by atoms with van der Waals surface area (Å²) in [7, 11) is 0. The first-order valence-corrected chi connectivity index (χ1v) is 9.98. The average molecular weight is 342 g/mol. The van der Waals surface area contributed by atoms with Gasteiger partial charge in [-0.05, 0) is 50.5 Å². The normalized spacial score (nSPS) is 23.9. The molecular weight excluding hydrogens is 312 g/mol. The van der Waals surface area contributed by atoms with Crippen LogP contribution in [0.3, 0.4) is 0 Å². The van der Waals surface area contributed by atoms with Crippen LogP contribution >= 0.6 is 0 Å². The highest BCUT2D eigenvalue weighted by atomic mass is 16.1. The molecule has 1 fully saturated rings. The standard InChI is InChI=1S/C20H30N4O/c25-20(21-17-7-8-17)10-9-18-13-19-15-23(11-4-12-24(19)22-18)14-16-5-2-1-3-6-16/h1-2,13,16-17H,3-12,14-15H2,(H,21,25)/t16-/m0/s1. The van der Waals surface area contributed by atoms with Crippen LogP contribution in [0.2, 0.25) is 0 Å². The summed E-state index contributed by atoms with van der Waals surface area (Å²) in [4.78, 5) is 14.5. The highest BCUT2D eigenvalue weighted by Crippen LogP contribution is 2.22. The molecule has 2 heterocycles. The Kier molecular flexibility index (Phi) is 5.20. The largest absolute Gasteiger partial charge is 0.353 e. The molecule has 5 heteroatoms. The number of aromatic nitrogens is 2. The fourth-order valence-corrected chi connectivity index (χ4v) is 4.02. The van der Waals surface area contributed by atoms with Crippen molar-refractivity contribution in [1.82, 2.24) is 20.0 Å². The molecule has 0 bridgehead atoms. The van der Waals surface area contributed by atoms with Crippen LogP contribution in [-0.2, 0) is 24.3 Å². The van der Waals surface area contributed by atoms with Gasteiger partial charge in [0.05, 0.1) is 11.4 Å². The molecule has 0 radical (unpaired) electrons. The second kappa shape index (κ2) is 7.73. The van der Waals surface area contributed by atoms with Gasteiger partial charge in [0.2, 0.25) is 5.91 Å². The van der Waals surface area contributed by atoms with E-state index in [1.165, 1.54) is 44.5 Å². The summed E-state index contributed by atoms with van der Waals surface area (Å²) >= 11 is 0. The van der Waals surface area contributed by atoms with Crippen LogP contribution in [0.4, 0.5) is 0 Å². The lowest BCUT2D eigenvalue weighted by atomic mass is 9.94. The maximum absolute atomic E-state index is 11.9. The lowest BCUT2D eigenvalue weighted by Gasteiger charge is -2.26. The Morgan fingerprint density at radius 2 is 2.16 bits per heavy atom. The molecule has 2 aliphatic carbocycles. The van der Waals surface area contributed by atoms with E-state index in [9.17, 15) is 4.79 Å². The van der Waals surface area contributed by atoms with Crippen molar-refractivity contribution in [2.45, 2.75) is 70.5 Å². The first kappa shape index (κ1) is 16.8. The number of amides is 1. The molecule has 1 aromatic rings. The van der Waals surface area contributed by atoms with Crippen LogP contribution in [0.15, 0.2) is 18.2 Å². The van der Waals surface area contributed by atoms with Crippen LogP contribution in [0.1, 0.15) is 56.3 Å². The number of rotatable bonds is 6. The summed E-state index contributed by atoms with van der Waals surface area (Å²) in [6.45, 7) is 4.38. The monoisotopic (exact) mass is 342 g/mol. The summed E-state index contributed by atoms with van der Waals surface area (Å²) in [5.41, 5.74) is 2.39. The lowest BCUT2D eigenvalue weighted by Crippen LogP contribution is -2.29. The van der Waals surface area contributed by atoms with Gasteiger partial charge in [0.25, 0.3) is 0 Å². The third-order valence-corrected chi connectivity index (χ3v) is 5.59. The van der Waals surface area contributed by atoms with Gasteiger partial charge in [0.15, 0.2) is 0 Å². The Morgan fingerprint density at radius 1 is 1.24 bits per heavy atom. The van der Waals surface area contributed by atoms with E-state index in [0.29, 0.717) is 12.5 Å². The topological polar surface area (TPSA) is 50.2 Å². The van der Waals surface area contributed by atoms with Crippen LogP contribution in [0.25, 0.3) is 0 Å². The number of hydrogen-bond donors (Lipinski definition) is 1. The average Bonchev–Trinajstić information content (AvgIpc) is 3.37. The number of nitrogens with zero attached hydrogens (tertiary/aromatic N) is 3. The summed E-state index contributed by atoms with van der Waals surface area (Å²) in [5, 5.41) is 7.82. The van der Waals surface area contributed by atoms with Gasteiger partial charge in [-0.3, -0.25) is 14.4 Å². The fourth-order valence-electron chi connectivity index (χ4n) is 4.02. The van der Waals surface area contributed by atoms with E-state index >= 15 is 0 Å². The highest BCUT2D eigenvalue weighted by Gasteiger charge is 2.23. The van der Waals surface area contributed by atoms with Crippen molar-refractivity contribution in [2.75, 3.05) is 13.1 Å². The number of nitrogens with one attached hydrogen (secondary N) is 1. The van der Waals surface area contributed by atoms with Crippen LogP contribution in [-0.4, -0.2) is 39.7 Å². The molecule has 0 spiro atoms. The summed E-state index contributed by atoms with van der Waals surface area (Å²) in [5.74, 6) is 0.989. The molecule has 1 amide bonds. The van der Waals surface area contributed by atoms with E-state index in [-0.39, 0.29) is 5.91 Å². The van der Waals surface area contributed by atoms with Crippen molar-refractivity contribution in [2.24, 2.45) is 5.92 Å². The minimum absolute atomic E-state index is 0.178. The summed E-state index contributed by atoms with van der Waals surface area (Å²) in [6.07, 6.45) is 13.2. The van der Waals surface area contributed by atoms with Gasteiger partial charge in [-0.25, -0.2) is 0 Å². The van der Waals surface area contributed by atoms with Gasteiger partial charge in [0, 0.05) is 45.1 Å². The molecule has 25 heavy (non-hydrogen) atoms. The van der Waals surface area contributed by atoms with E-state index in [1.807, 2.05) is 0 Å². The Balaban J connectivity index is 1.31. The third-order valence-electron chi connectivity index (χ3n) is 5.59. The van der Waals surface area contributed by atoms with Gasteiger partial charge in [-0.15, -0.1) is 0 Å². The van der Waals surface area contributed by atoms with Crippen molar-refractivity contribution < 1.29 is 4.79 Å². The first-order valence-electron chi connectivity index (χ1n) is 9.98. The quantitative estimate of drug-likeness (QED) is 0.809. The van der Waals surface area contributed by atoms with Gasteiger partial charge < -0.3 is 5.32 Å². The molecule has 136 valence electrons. The molecule has 1 aliphatic heterocycles. The first-order chi connectivity index (χ1) is 12.3. The molecule has 0 aromatic carbocycles. The second-order valence-corrected chi connectivity index (χ2v) is 7.93. The Morgan fingerprint density at radius 3 is 2.96 bits per heavy atom. The number of hydrogen-bond acceptors (Lipinski definition) is 3. The predicted octanol–water partition coefficient (Wildman–Crippen LogP) is 2.66. The maximum Gasteiger partial charge on any atom is 0.220 e. The molecule has 1 atom stereocenters. The number of aryl methyl sites for hydroxylation is 2. The Labute approximate surface area is 150 Å². The molecule has 1 aromatic heterocycles. The summed E-state index contributed by atoms with van der Waals surface area (Å²) < 4.78 is 2.18. The number of fused-ring (bicyclic) bond motifs is 1. The molecular formula is C20H30N4O. The molecule has 0 saturated heterocycles. The molecule has 1 N–H and O–H groups in total. The highest BCUT2D eigenvalue weighted by molar-refractivity contribution is 5.76. The van der Waals surface area contributed by atoms with Crippen molar-refractivity contribution in [3.8, 4) is 0 Å². The minimum Gasteiger partial charge on any atom is -0.353 e. The van der Waals surface area contributed by atoms with Gasteiger partial charge in [0.1, 0.15) is 0 Å². The third kappa shape index (κ3) is 4.72. The molecule has 5 nitrogen and oxygen atoms in total.